The standard InChI is InChI=1S/C26H36N2O6/c1-30-23-6-4-18(14-24(23)31-2)21-16-33-26-19(25(21)29)5-7-22-20(26)15-28(17-34-22)9-3-8-27-10-12-32-13-11-27/h4,6,14,16,19-20,22,26H,3,5,7-13,15,17H2,1-2H3. The maximum atomic E-state index is 13.5. The fourth-order valence-corrected chi connectivity index (χ4v) is 5.81. The van der Waals surface area contributed by atoms with E-state index in [0.717, 1.165) is 70.8 Å². The molecule has 34 heavy (non-hydrogen) atoms. The number of nitrogens with zero attached hydrogens (tertiary/aromatic N) is 2. The van der Waals surface area contributed by atoms with Crippen molar-refractivity contribution >= 4 is 11.4 Å². The van der Waals surface area contributed by atoms with Gasteiger partial charge >= 0.3 is 0 Å². The molecule has 3 heterocycles. The largest absolute Gasteiger partial charge is 0.496 e. The molecule has 1 aliphatic carbocycles. The summed E-state index contributed by atoms with van der Waals surface area (Å²) in [5.74, 6) is 1.48. The number of ether oxygens (including phenoxy) is 5. The molecule has 2 saturated heterocycles. The zero-order chi connectivity index (χ0) is 23.5. The number of benzene rings is 1. The number of allylic oxidation sites excluding steroid dienone is 1. The molecule has 0 bridgehead atoms. The van der Waals surface area contributed by atoms with E-state index in [4.69, 9.17) is 23.7 Å². The highest BCUT2D eigenvalue weighted by molar-refractivity contribution is 6.22. The molecule has 8 heteroatoms. The number of morpholine rings is 1. The van der Waals surface area contributed by atoms with E-state index in [9.17, 15) is 4.79 Å². The number of rotatable bonds is 7. The van der Waals surface area contributed by atoms with E-state index >= 15 is 0 Å². The number of Topliss-reactive ketones (excluding diaryl/α,β-unsaturated/α-hetero) is 1. The molecule has 8 nitrogen and oxygen atoms in total. The van der Waals surface area contributed by atoms with Crippen LogP contribution in [0.1, 0.15) is 24.8 Å². The molecule has 3 aliphatic heterocycles. The van der Waals surface area contributed by atoms with Crippen molar-refractivity contribution in [3.05, 3.63) is 30.0 Å². The summed E-state index contributed by atoms with van der Waals surface area (Å²) in [6, 6.07) is 5.56. The van der Waals surface area contributed by atoms with E-state index in [0.29, 0.717) is 23.8 Å². The highest BCUT2D eigenvalue weighted by Gasteiger charge is 2.49. The molecule has 0 aromatic heterocycles. The molecule has 0 radical (unpaired) electrons. The lowest BCUT2D eigenvalue weighted by Crippen LogP contribution is -2.56. The van der Waals surface area contributed by atoms with Gasteiger partial charge in [-0.2, -0.15) is 0 Å². The van der Waals surface area contributed by atoms with Crippen LogP contribution in [-0.2, 0) is 19.0 Å². The Bertz CT molecular complexity index is 899. The smallest absolute Gasteiger partial charge is 0.173 e. The molecule has 5 rings (SSSR count). The Labute approximate surface area is 201 Å². The maximum Gasteiger partial charge on any atom is 0.173 e. The lowest BCUT2D eigenvalue weighted by molar-refractivity contribution is -0.170. The van der Waals surface area contributed by atoms with Gasteiger partial charge in [-0.15, -0.1) is 0 Å². The molecule has 1 saturated carbocycles. The Hall–Kier alpha value is -2.13. The van der Waals surface area contributed by atoms with Gasteiger partial charge in [0.25, 0.3) is 0 Å². The van der Waals surface area contributed by atoms with Crippen molar-refractivity contribution in [1.82, 2.24) is 9.80 Å². The van der Waals surface area contributed by atoms with Crippen LogP contribution in [0.4, 0.5) is 0 Å². The van der Waals surface area contributed by atoms with Gasteiger partial charge < -0.3 is 23.7 Å². The summed E-state index contributed by atoms with van der Waals surface area (Å²) in [7, 11) is 3.20. The van der Waals surface area contributed by atoms with Crippen LogP contribution < -0.4 is 9.47 Å². The Morgan fingerprint density at radius 2 is 1.82 bits per heavy atom. The quantitative estimate of drug-likeness (QED) is 0.599. The van der Waals surface area contributed by atoms with Crippen molar-refractivity contribution < 1.29 is 28.5 Å². The van der Waals surface area contributed by atoms with Crippen LogP contribution in [0.5, 0.6) is 11.5 Å². The van der Waals surface area contributed by atoms with Crippen molar-refractivity contribution in [3.63, 3.8) is 0 Å². The second-order valence-electron chi connectivity index (χ2n) is 9.63. The first kappa shape index (κ1) is 23.6. The van der Waals surface area contributed by atoms with Crippen LogP contribution in [0.3, 0.4) is 0 Å². The molecule has 0 amide bonds. The molecule has 4 atom stereocenters. The normalized spacial score (nSPS) is 30.1. The average Bonchev–Trinajstić information content (AvgIpc) is 2.89. The topological polar surface area (TPSA) is 69.7 Å². The molecule has 3 fully saturated rings. The number of carbonyl (C=O) groups is 1. The summed E-state index contributed by atoms with van der Waals surface area (Å²) in [4.78, 5) is 18.4. The fourth-order valence-electron chi connectivity index (χ4n) is 5.81. The van der Waals surface area contributed by atoms with Crippen molar-refractivity contribution in [2.24, 2.45) is 11.8 Å². The number of carbonyl (C=O) groups excluding carboxylic acids is 1. The Morgan fingerprint density at radius 1 is 1.03 bits per heavy atom. The van der Waals surface area contributed by atoms with Crippen LogP contribution in [0.15, 0.2) is 24.5 Å². The minimum Gasteiger partial charge on any atom is -0.496 e. The van der Waals surface area contributed by atoms with Crippen LogP contribution in [0.2, 0.25) is 0 Å². The lowest BCUT2D eigenvalue weighted by Gasteiger charge is -2.48. The van der Waals surface area contributed by atoms with Gasteiger partial charge in [0.15, 0.2) is 17.3 Å². The minimum atomic E-state index is -0.133. The molecule has 186 valence electrons. The number of fused-ring (bicyclic) bond motifs is 3. The average molecular weight is 473 g/mol. The first-order chi connectivity index (χ1) is 16.7. The van der Waals surface area contributed by atoms with Crippen molar-refractivity contribution in [2.45, 2.75) is 31.5 Å². The summed E-state index contributed by atoms with van der Waals surface area (Å²) in [6.07, 6.45) is 4.51. The zero-order valence-corrected chi connectivity index (χ0v) is 20.2. The van der Waals surface area contributed by atoms with Crippen molar-refractivity contribution in [3.8, 4) is 11.5 Å². The van der Waals surface area contributed by atoms with Gasteiger partial charge in [-0.05, 0) is 43.5 Å². The van der Waals surface area contributed by atoms with Crippen LogP contribution in [-0.4, -0.2) is 94.7 Å². The second kappa shape index (κ2) is 10.6. The fraction of sp³-hybridized carbons (Fsp3) is 0.654. The summed E-state index contributed by atoms with van der Waals surface area (Å²) in [5.41, 5.74) is 1.41. The van der Waals surface area contributed by atoms with E-state index in [-0.39, 0.29) is 29.8 Å². The third-order valence-corrected chi connectivity index (χ3v) is 7.69. The second-order valence-corrected chi connectivity index (χ2v) is 9.63. The van der Waals surface area contributed by atoms with Gasteiger partial charge in [-0.1, -0.05) is 6.07 Å². The van der Waals surface area contributed by atoms with Gasteiger partial charge in [0, 0.05) is 32.1 Å². The van der Waals surface area contributed by atoms with E-state index in [1.54, 1.807) is 20.5 Å². The first-order valence-corrected chi connectivity index (χ1v) is 12.4. The third-order valence-electron chi connectivity index (χ3n) is 7.69. The molecule has 0 N–H and O–H groups in total. The van der Waals surface area contributed by atoms with Gasteiger partial charge in [0.05, 0.1) is 58.0 Å². The predicted molar refractivity (Wildman–Crippen MR) is 127 cm³/mol. The maximum absolute atomic E-state index is 13.5. The molecule has 0 spiro atoms. The Kier molecular flexibility index (Phi) is 7.39. The summed E-state index contributed by atoms with van der Waals surface area (Å²) in [6.45, 7) is 7.40. The minimum absolute atomic E-state index is 0.128. The summed E-state index contributed by atoms with van der Waals surface area (Å²) < 4.78 is 28.7. The highest BCUT2D eigenvalue weighted by Crippen LogP contribution is 2.42. The number of hydrogen-bond donors (Lipinski definition) is 0. The SMILES string of the molecule is COc1ccc(C2=COC3C(CCC4OCN(CCCN5CCOCC5)CC43)C2=O)cc1OC. The van der Waals surface area contributed by atoms with Crippen molar-refractivity contribution in [1.29, 1.82) is 0 Å². The van der Waals surface area contributed by atoms with Gasteiger partial charge in [-0.3, -0.25) is 14.6 Å². The molecule has 4 unspecified atom stereocenters. The van der Waals surface area contributed by atoms with E-state index in [1.807, 2.05) is 18.2 Å². The third kappa shape index (κ3) is 4.82. The van der Waals surface area contributed by atoms with Crippen LogP contribution in [0, 0.1) is 11.8 Å². The number of ketones is 1. The highest BCUT2D eigenvalue weighted by atomic mass is 16.5. The summed E-state index contributed by atoms with van der Waals surface area (Å²) in [5, 5.41) is 0. The summed E-state index contributed by atoms with van der Waals surface area (Å²) >= 11 is 0. The zero-order valence-electron chi connectivity index (χ0n) is 20.2. The molecule has 4 aliphatic rings. The van der Waals surface area contributed by atoms with E-state index < -0.39 is 0 Å². The number of hydrogen-bond acceptors (Lipinski definition) is 8. The Morgan fingerprint density at radius 3 is 2.62 bits per heavy atom. The lowest BCUT2D eigenvalue weighted by atomic mass is 9.71. The molecular weight excluding hydrogens is 436 g/mol. The monoisotopic (exact) mass is 472 g/mol. The van der Waals surface area contributed by atoms with Gasteiger partial charge in [0.1, 0.15) is 6.10 Å². The van der Waals surface area contributed by atoms with Crippen LogP contribution in [0.25, 0.3) is 5.57 Å². The first-order valence-electron chi connectivity index (χ1n) is 12.4. The predicted octanol–water partition coefficient (Wildman–Crippen LogP) is 2.42. The molecule has 1 aromatic carbocycles. The van der Waals surface area contributed by atoms with E-state index in [2.05, 4.69) is 9.80 Å². The number of methoxy groups -OCH3 is 2. The van der Waals surface area contributed by atoms with Gasteiger partial charge in [0.2, 0.25) is 0 Å². The van der Waals surface area contributed by atoms with Gasteiger partial charge in [-0.25, -0.2) is 0 Å². The Balaban J connectivity index is 1.23. The van der Waals surface area contributed by atoms with Crippen molar-refractivity contribution in [2.75, 3.05) is 66.9 Å². The molecular formula is C26H36N2O6. The van der Waals surface area contributed by atoms with Crippen LogP contribution >= 0.6 is 0 Å². The van der Waals surface area contributed by atoms with E-state index in [1.165, 1.54) is 0 Å². The molecule has 1 aromatic rings.